The first kappa shape index (κ1) is 22.4. The Balaban J connectivity index is 1.13. The number of carbonyl (C=O) groups excluding carboxylic acids is 2. The number of nitrogens with zero attached hydrogens (tertiary/aromatic N) is 3. The minimum absolute atomic E-state index is 0.00824. The summed E-state index contributed by atoms with van der Waals surface area (Å²) in [6, 6.07) is 18.9. The SMILES string of the molecule is COc1ccc2[nH]c3nc(SCC(=O)NNC(=O)COc4cccc5ccccc45)nnc3c2c1. The second-order valence-electron chi connectivity index (χ2n) is 7.48. The van der Waals surface area contributed by atoms with Crippen LogP contribution in [-0.2, 0) is 9.59 Å². The molecule has 3 aromatic carbocycles. The molecule has 10 nitrogen and oxygen atoms in total. The van der Waals surface area contributed by atoms with Gasteiger partial charge in [0, 0.05) is 16.3 Å². The highest BCUT2D eigenvalue weighted by molar-refractivity contribution is 7.99. The van der Waals surface area contributed by atoms with E-state index in [9.17, 15) is 9.59 Å². The Morgan fingerprint density at radius 3 is 2.69 bits per heavy atom. The molecule has 35 heavy (non-hydrogen) atoms. The van der Waals surface area contributed by atoms with Gasteiger partial charge in [0.2, 0.25) is 11.1 Å². The fourth-order valence-corrected chi connectivity index (χ4v) is 4.12. The third kappa shape index (κ3) is 4.94. The maximum absolute atomic E-state index is 12.2. The molecule has 2 aromatic heterocycles. The second kappa shape index (κ2) is 9.85. The van der Waals surface area contributed by atoms with Gasteiger partial charge in [0.05, 0.1) is 12.9 Å². The Morgan fingerprint density at radius 1 is 0.971 bits per heavy atom. The van der Waals surface area contributed by atoms with Crippen LogP contribution in [0.1, 0.15) is 0 Å². The van der Waals surface area contributed by atoms with Gasteiger partial charge in [0.15, 0.2) is 12.3 Å². The third-order valence-corrected chi connectivity index (χ3v) is 6.02. The minimum atomic E-state index is -0.482. The lowest BCUT2D eigenvalue weighted by molar-refractivity contribution is -0.128. The van der Waals surface area contributed by atoms with Crippen LogP contribution in [0.3, 0.4) is 0 Å². The molecule has 0 bridgehead atoms. The molecule has 0 saturated heterocycles. The molecule has 0 saturated carbocycles. The molecule has 0 radical (unpaired) electrons. The van der Waals surface area contributed by atoms with Crippen LogP contribution in [0, 0.1) is 0 Å². The van der Waals surface area contributed by atoms with Crippen LogP contribution in [0.5, 0.6) is 11.5 Å². The summed E-state index contributed by atoms with van der Waals surface area (Å²) in [6.45, 7) is -0.240. The number of hydrogen-bond acceptors (Lipinski definition) is 8. The molecule has 0 aliphatic rings. The maximum Gasteiger partial charge on any atom is 0.276 e. The molecule has 176 valence electrons. The van der Waals surface area contributed by atoms with Crippen molar-refractivity contribution in [1.29, 1.82) is 0 Å². The lowest BCUT2D eigenvalue weighted by atomic mass is 10.1. The number of nitrogens with one attached hydrogen (secondary N) is 3. The molecule has 0 aliphatic carbocycles. The Hall–Kier alpha value is -4.38. The van der Waals surface area contributed by atoms with E-state index in [1.807, 2.05) is 54.6 Å². The third-order valence-electron chi connectivity index (χ3n) is 5.18. The van der Waals surface area contributed by atoms with Gasteiger partial charge >= 0.3 is 0 Å². The number of hydrazine groups is 1. The monoisotopic (exact) mass is 488 g/mol. The number of aromatic amines is 1. The zero-order valence-corrected chi connectivity index (χ0v) is 19.4. The maximum atomic E-state index is 12.2. The van der Waals surface area contributed by atoms with Crippen LogP contribution in [0.15, 0.2) is 65.8 Å². The van der Waals surface area contributed by atoms with Crippen molar-refractivity contribution in [3.8, 4) is 11.5 Å². The summed E-state index contributed by atoms with van der Waals surface area (Å²) in [5.41, 5.74) is 6.74. The Labute approximate surface area is 203 Å². The predicted octanol–water partition coefficient (Wildman–Crippen LogP) is 2.99. The van der Waals surface area contributed by atoms with Gasteiger partial charge in [-0.2, -0.15) is 0 Å². The van der Waals surface area contributed by atoms with Crippen molar-refractivity contribution in [3.05, 3.63) is 60.7 Å². The molecular formula is C24H20N6O4S. The molecule has 0 spiro atoms. The van der Waals surface area contributed by atoms with Gasteiger partial charge in [-0.05, 0) is 29.7 Å². The van der Waals surface area contributed by atoms with Gasteiger partial charge in [-0.1, -0.05) is 48.2 Å². The van der Waals surface area contributed by atoms with Crippen molar-refractivity contribution >= 4 is 56.4 Å². The van der Waals surface area contributed by atoms with E-state index in [0.29, 0.717) is 27.8 Å². The zero-order valence-electron chi connectivity index (χ0n) is 18.6. The zero-order chi connectivity index (χ0) is 24.2. The topological polar surface area (TPSA) is 131 Å². The van der Waals surface area contributed by atoms with E-state index in [2.05, 4.69) is 31.0 Å². The molecule has 2 amide bonds. The number of amides is 2. The largest absolute Gasteiger partial charge is 0.497 e. The molecular weight excluding hydrogens is 468 g/mol. The molecule has 0 aliphatic heterocycles. The predicted molar refractivity (Wildman–Crippen MR) is 132 cm³/mol. The highest BCUT2D eigenvalue weighted by Crippen LogP contribution is 2.27. The number of carbonyl (C=O) groups is 2. The van der Waals surface area contributed by atoms with Crippen LogP contribution in [0.4, 0.5) is 0 Å². The lowest BCUT2D eigenvalue weighted by Crippen LogP contribution is -2.44. The van der Waals surface area contributed by atoms with Gasteiger partial charge < -0.3 is 14.5 Å². The summed E-state index contributed by atoms with van der Waals surface area (Å²) in [7, 11) is 1.60. The normalized spacial score (nSPS) is 11.0. The summed E-state index contributed by atoms with van der Waals surface area (Å²) >= 11 is 1.10. The van der Waals surface area contributed by atoms with E-state index < -0.39 is 11.8 Å². The van der Waals surface area contributed by atoms with Gasteiger partial charge in [-0.3, -0.25) is 20.4 Å². The highest BCUT2D eigenvalue weighted by Gasteiger charge is 2.13. The molecule has 0 fully saturated rings. The molecule has 2 heterocycles. The number of fused-ring (bicyclic) bond motifs is 4. The number of hydrogen-bond donors (Lipinski definition) is 3. The average Bonchev–Trinajstić information content (AvgIpc) is 3.26. The Bertz CT molecular complexity index is 1550. The van der Waals surface area contributed by atoms with Gasteiger partial charge in [-0.25, -0.2) is 4.98 Å². The first-order valence-electron chi connectivity index (χ1n) is 10.6. The summed E-state index contributed by atoms with van der Waals surface area (Å²) in [5.74, 6) is 0.393. The van der Waals surface area contributed by atoms with E-state index >= 15 is 0 Å². The Morgan fingerprint density at radius 2 is 1.80 bits per heavy atom. The molecule has 11 heteroatoms. The number of rotatable bonds is 7. The van der Waals surface area contributed by atoms with Crippen LogP contribution < -0.4 is 20.3 Å². The van der Waals surface area contributed by atoms with E-state index in [4.69, 9.17) is 9.47 Å². The number of thioether (sulfide) groups is 1. The van der Waals surface area contributed by atoms with Gasteiger partial charge in [0.25, 0.3) is 5.91 Å². The smallest absolute Gasteiger partial charge is 0.276 e. The number of methoxy groups -OCH3 is 1. The van der Waals surface area contributed by atoms with Gasteiger partial charge in [-0.15, -0.1) is 10.2 Å². The first-order valence-corrected chi connectivity index (χ1v) is 11.6. The van der Waals surface area contributed by atoms with Crippen molar-refractivity contribution < 1.29 is 19.1 Å². The van der Waals surface area contributed by atoms with Crippen molar-refractivity contribution in [2.45, 2.75) is 5.16 Å². The number of benzene rings is 3. The van der Waals surface area contributed by atoms with E-state index in [1.165, 1.54) is 0 Å². The van der Waals surface area contributed by atoms with Crippen LogP contribution in [-0.4, -0.2) is 51.4 Å². The summed E-state index contributed by atoms with van der Waals surface area (Å²) in [5, 5.41) is 11.4. The van der Waals surface area contributed by atoms with E-state index in [0.717, 1.165) is 33.4 Å². The van der Waals surface area contributed by atoms with Gasteiger partial charge in [0.1, 0.15) is 17.0 Å². The first-order chi connectivity index (χ1) is 17.1. The summed E-state index contributed by atoms with van der Waals surface area (Å²) in [6.07, 6.45) is 0. The van der Waals surface area contributed by atoms with Crippen LogP contribution in [0.2, 0.25) is 0 Å². The molecule has 5 rings (SSSR count). The molecule has 5 aromatic rings. The van der Waals surface area contributed by atoms with Crippen molar-refractivity contribution in [2.24, 2.45) is 0 Å². The lowest BCUT2D eigenvalue weighted by Gasteiger charge is -2.10. The minimum Gasteiger partial charge on any atom is -0.497 e. The fourth-order valence-electron chi connectivity index (χ4n) is 3.53. The standard InChI is InChI=1S/C24H20N6O4S/c1-33-15-9-10-18-17(11-15)22-23(25-18)26-24(30-29-22)35-13-21(32)28-27-20(31)12-34-19-8-4-6-14-5-2-3-7-16(14)19/h2-11H,12-13H2,1H3,(H,27,31)(H,28,32)(H,25,26,30). The van der Waals surface area contributed by atoms with Crippen molar-refractivity contribution in [2.75, 3.05) is 19.5 Å². The average molecular weight is 489 g/mol. The molecule has 0 atom stereocenters. The number of ether oxygens (including phenoxy) is 2. The number of H-pyrrole nitrogens is 1. The highest BCUT2D eigenvalue weighted by atomic mass is 32.2. The van der Waals surface area contributed by atoms with E-state index in [1.54, 1.807) is 13.2 Å². The van der Waals surface area contributed by atoms with E-state index in [-0.39, 0.29) is 12.4 Å². The van der Waals surface area contributed by atoms with Crippen molar-refractivity contribution in [3.63, 3.8) is 0 Å². The Kier molecular flexibility index (Phi) is 6.31. The van der Waals surface area contributed by atoms with Crippen molar-refractivity contribution in [1.82, 2.24) is 31.0 Å². The second-order valence-corrected chi connectivity index (χ2v) is 8.42. The fraction of sp³-hybridized carbons (Fsp3) is 0.125. The molecule has 3 N–H and O–H groups in total. The molecule has 0 unspecified atom stereocenters. The summed E-state index contributed by atoms with van der Waals surface area (Å²) < 4.78 is 10.9. The summed E-state index contributed by atoms with van der Waals surface area (Å²) in [4.78, 5) is 31.9. The van der Waals surface area contributed by atoms with Crippen LogP contribution >= 0.6 is 11.8 Å². The van der Waals surface area contributed by atoms with Crippen LogP contribution in [0.25, 0.3) is 32.8 Å². The number of aromatic nitrogens is 4. The quantitative estimate of drug-likeness (QED) is 0.235.